The molecule has 82 valence electrons. The molecule has 0 aromatic carbocycles. The third-order valence-corrected chi connectivity index (χ3v) is 2.56. The summed E-state index contributed by atoms with van der Waals surface area (Å²) in [7, 11) is 0. The van der Waals surface area contributed by atoms with Gasteiger partial charge in [0.25, 0.3) is 0 Å². The van der Waals surface area contributed by atoms with Crippen molar-refractivity contribution >= 4 is 5.78 Å². The van der Waals surface area contributed by atoms with Crippen LogP contribution in [0.15, 0.2) is 12.7 Å². The van der Waals surface area contributed by atoms with Gasteiger partial charge in [0.1, 0.15) is 5.78 Å². The van der Waals surface area contributed by atoms with Gasteiger partial charge >= 0.3 is 0 Å². The molecule has 0 fully saturated rings. The lowest BCUT2D eigenvalue weighted by molar-refractivity contribution is -0.123. The highest BCUT2D eigenvalue weighted by molar-refractivity contribution is 5.80. The number of carbonyl (C=O) groups excluding carboxylic acids is 1. The molecule has 1 nitrogen and oxygen atoms in total. The van der Waals surface area contributed by atoms with Crippen LogP contribution in [-0.2, 0) is 4.79 Å². The molecule has 0 N–H and O–H groups in total. The Labute approximate surface area is 88.6 Å². The Balaban J connectivity index is 3.81. The zero-order valence-electron chi connectivity index (χ0n) is 9.72. The molecule has 0 rings (SSSR count). The summed E-state index contributed by atoms with van der Waals surface area (Å²) in [6.45, 7) is 7.97. The number of hydrogen-bond donors (Lipinski definition) is 0. The molecule has 0 radical (unpaired) electrons. The molecule has 0 unspecified atom stereocenters. The standard InChI is InChI=1S/C13H24O/c1-4-7-8-11-13(14)12(9-5-2)10-6-3/h4,12H,1,5-11H2,2-3H3. The molecule has 0 atom stereocenters. The van der Waals surface area contributed by atoms with E-state index < -0.39 is 0 Å². The highest BCUT2D eigenvalue weighted by atomic mass is 16.1. The minimum Gasteiger partial charge on any atom is -0.299 e. The number of hydrogen-bond acceptors (Lipinski definition) is 1. The van der Waals surface area contributed by atoms with E-state index >= 15 is 0 Å². The molecule has 0 saturated heterocycles. The third-order valence-electron chi connectivity index (χ3n) is 2.56. The molecule has 0 aromatic heterocycles. The molecule has 0 spiro atoms. The zero-order valence-corrected chi connectivity index (χ0v) is 9.72. The molecule has 0 bridgehead atoms. The number of ketones is 1. The van der Waals surface area contributed by atoms with Crippen LogP contribution >= 0.6 is 0 Å². The first-order chi connectivity index (χ1) is 6.76. The Morgan fingerprint density at radius 1 is 1.29 bits per heavy atom. The van der Waals surface area contributed by atoms with Crippen molar-refractivity contribution in [2.45, 2.75) is 58.8 Å². The first-order valence-corrected chi connectivity index (χ1v) is 5.89. The van der Waals surface area contributed by atoms with Gasteiger partial charge < -0.3 is 0 Å². The quantitative estimate of drug-likeness (QED) is 0.400. The highest BCUT2D eigenvalue weighted by Crippen LogP contribution is 2.17. The van der Waals surface area contributed by atoms with E-state index in [2.05, 4.69) is 20.4 Å². The van der Waals surface area contributed by atoms with Crippen LogP contribution in [0.4, 0.5) is 0 Å². The van der Waals surface area contributed by atoms with Crippen molar-refractivity contribution < 1.29 is 4.79 Å². The number of rotatable bonds is 9. The first kappa shape index (κ1) is 13.4. The van der Waals surface area contributed by atoms with Gasteiger partial charge in [0, 0.05) is 12.3 Å². The largest absolute Gasteiger partial charge is 0.299 e. The SMILES string of the molecule is C=CCCCC(=O)C(CCC)CCC. The molecule has 1 heteroatoms. The molecule has 0 heterocycles. The van der Waals surface area contributed by atoms with E-state index in [0.29, 0.717) is 11.7 Å². The lowest BCUT2D eigenvalue weighted by Gasteiger charge is -2.13. The van der Waals surface area contributed by atoms with Crippen molar-refractivity contribution in [1.29, 1.82) is 0 Å². The van der Waals surface area contributed by atoms with E-state index in [-0.39, 0.29) is 0 Å². The van der Waals surface area contributed by atoms with Gasteiger partial charge in [-0.1, -0.05) is 32.8 Å². The van der Waals surface area contributed by atoms with Crippen LogP contribution in [0.5, 0.6) is 0 Å². The first-order valence-electron chi connectivity index (χ1n) is 5.89. The van der Waals surface area contributed by atoms with E-state index in [0.717, 1.165) is 44.9 Å². The van der Waals surface area contributed by atoms with Crippen LogP contribution in [0.3, 0.4) is 0 Å². The lowest BCUT2D eigenvalue weighted by Crippen LogP contribution is -2.13. The van der Waals surface area contributed by atoms with E-state index in [1.54, 1.807) is 0 Å². The minimum atomic E-state index is 0.329. The van der Waals surface area contributed by atoms with Crippen molar-refractivity contribution in [3.8, 4) is 0 Å². The Morgan fingerprint density at radius 2 is 1.86 bits per heavy atom. The molecule has 0 saturated carbocycles. The lowest BCUT2D eigenvalue weighted by atomic mass is 9.91. The van der Waals surface area contributed by atoms with Crippen molar-refractivity contribution in [2.24, 2.45) is 5.92 Å². The van der Waals surface area contributed by atoms with Crippen LogP contribution in [0, 0.1) is 5.92 Å². The summed E-state index contributed by atoms with van der Waals surface area (Å²) in [6.07, 6.45) is 8.97. The molecule has 0 amide bonds. The maximum atomic E-state index is 11.8. The molecule has 0 aliphatic carbocycles. The Kier molecular flexibility index (Phi) is 8.61. The molecule has 0 aliphatic rings. The smallest absolute Gasteiger partial charge is 0.135 e. The average Bonchev–Trinajstić information content (AvgIpc) is 2.18. The molecular formula is C13H24O. The molecule has 14 heavy (non-hydrogen) atoms. The van der Waals surface area contributed by atoms with Gasteiger partial charge in [-0.2, -0.15) is 0 Å². The number of Topliss-reactive ketones (excluding diaryl/α,β-unsaturated/α-hetero) is 1. The van der Waals surface area contributed by atoms with Gasteiger partial charge in [0.05, 0.1) is 0 Å². The fraction of sp³-hybridized carbons (Fsp3) is 0.769. The number of carbonyl (C=O) groups is 1. The molecule has 0 aromatic rings. The zero-order chi connectivity index (χ0) is 10.8. The summed E-state index contributed by atoms with van der Waals surface area (Å²) in [4.78, 5) is 11.8. The predicted octanol–water partition coefficient (Wildman–Crippen LogP) is 4.13. The van der Waals surface area contributed by atoms with Crippen molar-refractivity contribution in [3.63, 3.8) is 0 Å². The van der Waals surface area contributed by atoms with E-state index in [1.807, 2.05) is 6.08 Å². The third kappa shape index (κ3) is 5.95. The summed E-state index contributed by atoms with van der Waals surface area (Å²) < 4.78 is 0. The van der Waals surface area contributed by atoms with Crippen LogP contribution < -0.4 is 0 Å². The second-order valence-corrected chi connectivity index (χ2v) is 3.92. The van der Waals surface area contributed by atoms with Gasteiger partial charge in [-0.25, -0.2) is 0 Å². The van der Waals surface area contributed by atoms with E-state index in [1.165, 1.54) is 0 Å². The molecular weight excluding hydrogens is 172 g/mol. The summed E-state index contributed by atoms with van der Waals surface area (Å²) in [5, 5.41) is 0. The fourth-order valence-corrected chi connectivity index (χ4v) is 1.79. The summed E-state index contributed by atoms with van der Waals surface area (Å²) in [6, 6.07) is 0. The van der Waals surface area contributed by atoms with Gasteiger partial charge in [0.2, 0.25) is 0 Å². The maximum absolute atomic E-state index is 11.8. The topological polar surface area (TPSA) is 17.1 Å². The van der Waals surface area contributed by atoms with Crippen molar-refractivity contribution in [2.75, 3.05) is 0 Å². The molecule has 0 aliphatic heterocycles. The normalized spacial score (nSPS) is 10.5. The number of unbranched alkanes of at least 4 members (excludes halogenated alkanes) is 1. The van der Waals surface area contributed by atoms with Gasteiger partial charge in [-0.05, 0) is 25.7 Å². The minimum absolute atomic E-state index is 0.329. The maximum Gasteiger partial charge on any atom is 0.135 e. The Morgan fingerprint density at radius 3 is 2.29 bits per heavy atom. The Hall–Kier alpha value is -0.590. The highest BCUT2D eigenvalue weighted by Gasteiger charge is 2.15. The van der Waals surface area contributed by atoms with Crippen molar-refractivity contribution in [1.82, 2.24) is 0 Å². The summed E-state index contributed by atoms with van der Waals surface area (Å²) in [5.41, 5.74) is 0. The number of allylic oxidation sites excluding steroid dienone is 1. The van der Waals surface area contributed by atoms with Crippen molar-refractivity contribution in [3.05, 3.63) is 12.7 Å². The second-order valence-electron chi connectivity index (χ2n) is 3.92. The van der Waals surface area contributed by atoms with Gasteiger partial charge in [0.15, 0.2) is 0 Å². The second kappa shape index (κ2) is 8.98. The average molecular weight is 196 g/mol. The van der Waals surface area contributed by atoms with Gasteiger partial charge in [-0.3, -0.25) is 4.79 Å². The predicted molar refractivity (Wildman–Crippen MR) is 62.4 cm³/mol. The van der Waals surface area contributed by atoms with Gasteiger partial charge in [-0.15, -0.1) is 6.58 Å². The van der Waals surface area contributed by atoms with E-state index in [9.17, 15) is 4.79 Å². The monoisotopic (exact) mass is 196 g/mol. The van der Waals surface area contributed by atoms with Crippen LogP contribution in [0.25, 0.3) is 0 Å². The summed E-state index contributed by atoms with van der Waals surface area (Å²) >= 11 is 0. The van der Waals surface area contributed by atoms with Crippen LogP contribution in [0.2, 0.25) is 0 Å². The van der Waals surface area contributed by atoms with E-state index in [4.69, 9.17) is 0 Å². The summed E-state index contributed by atoms with van der Waals surface area (Å²) in [5.74, 6) is 0.797. The fourth-order valence-electron chi connectivity index (χ4n) is 1.79. The van der Waals surface area contributed by atoms with Crippen LogP contribution in [-0.4, -0.2) is 5.78 Å². The Bertz CT molecular complexity index is 155. The van der Waals surface area contributed by atoms with Crippen LogP contribution in [0.1, 0.15) is 58.8 Å².